The van der Waals surface area contributed by atoms with Gasteiger partial charge in [0.2, 0.25) is 0 Å². The minimum absolute atomic E-state index is 0.127. The summed E-state index contributed by atoms with van der Waals surface area (Å²) < 4.78 is 10.6. The average molecular weight is 444 g/mol. The van der Waals surface area contributed by atoms with E-state index in [2.05, 4.69) is 6.92 Å². The Morgan fingerprint density at radius 2 is 1.43 bits per heavy atom. The summed E-state index contributed by atoms with van der Waals surface area (Å²) >= 11 is 18.1. The van der Waals surface area contributed by atoms with Crippen LogP contribution in [0.1, 0.15) is 58.9 Å². The molecule has 0 saturated heterocycles. The molecule has 0 bridgehead atoms. The molecule has 0 amide bonds. The lowest BCUT2D eigenvalue weighted by atomic mass is 10.1. The molecule has 4 nitrogen and oxygen atoms in total. The summed E-state index contributed by atoms with van der Waals surface area (Å²) in [4.78, 5) is 24.8. The van der Waals surface area contributed by atoms with Crippen molar-refractivity contribution in [2.45, 2.75) is 39.2 Å². The number of benzene rings is 2. The van der Waals surface area contributed by atoms with Gasteiger partial charge in [-0.15, -0.1) is 0 Å². The number of unbranched alkanes of at least 4 members (excludes halogenated alkanes) is 3. The van der Waals surface area contributed by atoms with Gasteiger partial charge in [-0.25, -0.2) is 9.59 Å². The number of hydrogen-bond donors (Lipinski definition) is 0. The number of halogens is 3. The summed E-state index contributed by atoms with van der Waals surface area (Å²) in [6.45, 7) is 2.28. The van der Waals surface area contributed by atoms with E-state index in [0.717, 1.165) is 25.7 Å². The zero-order valence-corrected chi connectivity index (χ0v) is 17.7. The van der Waals surface area contributed by atoms with E-state index in [1.165, 1.54) is 24.3 Å². The van der Waals surface area contributed by atoms with Gasteiger partial charge in [-0.05, 0) is 30.7 Å². The summed E-state index contributed by atoms with van der Waals surface area (Å²) in [5.41, 5.74) is 0.732. The summed E-state index contributed by atoms with van der Waals surface area (Å²) in [6.07, 6.45) is 3.98. The molecule has 2 aromatic carbocycles. The van der Waals surface area contributed by atoms with Crippen molar-refractivity contribution in [2.75, 3.05) is 6.61 Å². The van der Waals surface area contributed by atoms with Crippen LogP contribution in [0.25, 0.3) is 0 Å². The summed E-state index contributed by atoms with van der Waals surface area (Å²) in [6, 6.07) is 9.40. The number of carbonyl (C=O) groups excluding carboxylic acids is 2. The second-order valence-electron chi connectivity index (χ2n) is 6.17. The Morgan fingerprint density at radius 1 is 0.857 bits per heavy atom. The van der Waals surface area contributed by atoms with Crippen molar-refractivity contribution in [1.29, 1.82) is 0 Å². The molecular formula is C21H21Cl3O4. The Kier molecular flexibility index (Phi) is 9.10. The molecule has 7 heteroatoms. The lowest BCUT2D eigenvalue weighted by molar-refractivity contribution is 0.0436. The molecule has 0 N–H and O–H groups in total. The maximum atomic E-state index is 12.5. The summed E-state index contributed by atoms with van der Waals surface area (Å²) in [5.74, 6) is -1.22. The van der Waals surface area contributed by atoms with Crippen LogP contribution >= 0.6 is 34.8 Å². The predicted octanol–water partition coefficient (Wildman–Crippen LogP) is 6.74. The fourth-order valence-corrected chi connectivity index (χ4v) is 3.46. The standard InChI is InChI=1S/C21H21Cl3O4/c1-2-3-4-7-10-27-20(25)15-8-5-6-9-16(15)21(26)28-13-17-18(23)11-14(22)12-19(17)24/h5-6,8-9,11-12H,2-4,7,10,13H2,1H3. The smallest absolute Gasteiger partial charge is 0.339 e. The van der Waals surface area contributed by atoms with Gasteiger partial charge in [-0.1, -0.05) is 73.1 Å². The molecule has 0 unspecified atom stereocenters. The first-order valence-corrected chi connectivity index (χ1v) is 10.1. The van der Waals surface area contributed by atoms with E-state index in [-0.39, 0.29) is 17.7 Å². The van der Waals surface area contributed by atoms with E-state index in [1.807, 2.05) is 0 Å². The van der Waals surface area contributed by atoms with Gasteiger partial charge in [-0.2, -0.15) is 0 Å². The molecule has 0 heterocycles. The normalized spacial score (nSPS) is 10.6. The molecular weight excluding hydrogens is 423 g/mol. The molecule has 0 aliphatic carbocycles. The number of rotatable bonds is 9. The Bertz CT molecular complexity index is 813. The van der Waals surface area contributed by atoms with Crippen LogP contribution in [0.5, 0.6) is 0 Å². The Balaban J connectivity index is 2.03. The molecule has 0 aromatic heterocycles. The van der Waals surface area contributed by atoms with Crippen LogP contribution in [-0.2, 0) is 16.1 Å². The molecule has 0 radical (unpaired) electrons. The van der Waals surface area contributed by atoms with Crippen molar-refractivity contribution in [1.82, 2.24) is 0 Å². The van der Waals surface area contributed by atoms with Crippen LogP contribution in [0.15, 0.2) is 36.4 Å². The first-order valence-electron chi connectivity index (χ1n) is 9.00. The van der Waals surface area contributed by atoms with Crippen molar-refractivity contribution in [3.05, 3.63) is 68.2 Å². The maximum absolute atomic E-state index is 12.5. The fraction of sp³-hybridized carbons (Fsp3) is 0.333. The minimum Gasteiger partial charge on any atom is -0.462 e. The topological polar surface area (TPSA) is 52.6 Å². The minimum atomic E-state index is -0.666. The Hall–Kier alpha value is -1.75. The van der Waals surface area contributed by atoms with Crippen molar-refractivity contribution in [3.8, 4) is 0 Å². The highest BCUT2D eigenvalue weighted by Gasteiger charge is 2.20. The van der Waals surface area contributed by atoms with Crippen LogP contribution in [0.2, 0.25) is 15.1 Å². The van der Waals surface area contributed by atoms with Gasteiger partial charge in [0.05, 0.1) is 27.8 Å². The van der Waals surface area contributed by atoms with Crippen molar-refractivity contribution in [2.24, 2.45) is 0 Å². The number of hydrogen-bond acceptors (Lipinski definition) is 4. The second kappa shape index (κ2) is 11.3. The molecule has 2 rings (SSSR count). The van der Waals surface area contributed by atoms with E-state index < -0.39 is 11.9 Å². The van der Waals surface area contributed by atoms with Gasteiger partial charge in [0.15, 0.2) is 0 Å². The molecule has 0 atom stereocenters. The third kappa shape index (κ3) is 6.40. The molecule has 0 aliphatic heterocycles. The van der Waals surface area contributed by atoms with Gasteiger partial charge >= 0.3 is 11.9 Å². The zero-order valence-electron chi connectivity index (χ0n) is 15.5. The van der Waals surface area contributed by atoms with Crippen LogP contribution < -0.4 is 0 Å². The van der Waals surface area contributed by atoms with Gasteiger partial charge in [0, 0.05) is 10.6 Å². The van der Waals surface area contributed by atoms with E-state index in [9.17, 15) is 9.59 Å². The van der Waals surface area contributed by atoms with E-state index >= 15 is 0 Å². The predicted molar refractivity (Wildman–Crippen MR) is 111 cm³/mol. The van der Waals surface area contributed by atoms with Crippen LogP contribution in [0.4, 0.5) is 0 Å². The van der Waals surface area contributed by atoms with Crippen molar-refractivity contribution in [3.63, 3.8) is 0 Å². The highest BCUT2D eigenvalue weighted by Crippen LogP contribution is 2.29. The highest BCUT2D eigenvalue weighted by molar-refractivity contribution is 6.39. The van der Waals surface area contributed by atoms with Gasteiger partial charge in [-0.3, -0.25) is 0 Å². The average Bonchev–Trinajstić information content (AvgIpc) is 2.66. The zero-order chi connectivity index (χ0) is 20.5. The van der Waals surface area contributed by atoms with Crippen LogP contribution in [-0.4, -0.2) is 18.5 Å². The first kappa shape index (κ1) is 22.5. The largest absolute Gasteiger partial charge is 0.462 e. The summed E-state index contributed by atoms with van der Waals surface area (Å²) in [5, 5.41) is 0.979. The molecule has 0 saturated carbocycles. The van der Waals surface area contributed by atoms with Gasteiger partial charge < -0.3 is 9.47 Å². The number of carbonyl (C=O) groups is 2. The van der Waals surface area contributed by atoms with Crippen LogP contribution in [0, 0.1) is 0 Å². The van der Waals surface area contributed by atoms with E-state index in [4.69, 9.17) is 44.3 Å². The third-order valence-electron chi connectivity index (χ3n) is 4.05. The lowest BCUT2D eigenvalue weighted by Crippen LogP contribution is -2.14. The van der Waals surface area contributed by atoms with Gasteiger partial charge in [0.1, 0.15) is 6.61 Å². The third-order valence-corrected chi connectivity index (χ3v) is 4.94. The first-order chi connectivity index (χ1) is 13.4. The maximum Gasteiger partial charge on any atom is 0.339 e. The SMILES string of the molecule is CCCCCCOC(=O)c1ccccc1C(=O)OCc1c(Cl)cc(Cl)cc1Cl. The van der Waals surface area contributed by atoms with Gasteiger partial charge in [0.25, 0.3) is 0 Å². The Morgan fingerprint density at radius 3 is 2.00 bits per heavy atom. The molecule has 0 aliphatic rings. The second-order valence-corrected chi connectivity index (χ2v) is 7.42. The fourth-order valence-electron chi connectivity index (χ4n) is 2.54. The van der Waals surface area contributed by atoms with Crippen LogP contribution in [0.3, 0.4) is 0 Å². The van der Waals surface area contributed by atoms with Crippen molar-refractivity contribution < 1.29 is 19.1 Å². The highest BCUT2D eigenvalue weighted by atomic mass is 35.5. The number of esters is 2. The molecule has 0 fully saturated rings. The molecule has 2 aromatic rings. The number of ether oxygens (including phenoxy) is 2. The summed E-state index contributed by atoms with van der Waals surface area (Å²) in [7, 11) is 0. The quantitative estimate of drug-likeness (QED) is 0.318. The van der Waals surface area contributed by atoms with Crippen molar-refractivity contribution >= 4 is 46.7 Å². The molecule has 28 heavy (non-hydrogen) atoms. The molecule has 150 valence electrons. The van der Waals surface area contributed by atoms with E-state index in [0.29, 0.717) is 27.2 Å². The Labute approximate surface area is 179 Å². The monoisotopic (exact) mass is 442 g/mol. The molecule has 0 spiro atoms. The van der Waals surface area contributed by atoms with E-state index in [1.54, 1.807) is 12.1 Å². The lowest BCUT2D eigenvalue weighted by Gasteiger charge is -2.11.